The minimum atomic E-state index is 0.544. The predicted octanol–water partition coefficient (Wildman–Crippen LogP) is 10.2. The third-order valence-electron chi connectivity index (χ3n) is 9.01. The van der Waals surface area contributed by atoms with Crippen LogP contribution in [0.3, 0.4) is 0 Å². The quantitative estimate of drug-likeness (QED) is 0.128. The molecule has 0 atom stereocenters. The van der Waals surface area contributed by atoms with Gasteiger partial charge in [0.1, 0.15) is 11.5 Å². The summed E-state index contributed by atoms with van der Waals surface area (Å²) in [6.07, 6.45) is 9.26. The molecule has 1 fully saturated rings. The topological polar surface area (TPSA) is 54.1 Å². The second-order valence-corrected chi connectivity index (χ2v) is 13.7. The number of piperidine rings is 1. The lowest BCUT2D eigenvalue weighted by Crippen LogP contribution is -2.33. The zero-order chi connectivity index (χ0) is 31.2. The van der Waals surface area contributed by atoms with E-state index in [1.165, 1.54) is 65.2 Å². The maximum Gasteiger partial charge on any atom is 0.127 e. The van der Waals surface area contributed by atoms with E-state index < -0.39 is 0 Å². The van der Waals surface area contributed by atoms with Crippen LogP contribution < -0.4 is 4.74 Å². The molecule has 2 aromatic heterocycles. The Hall–Kier alpha value is -3.63. The summed E-state index contributed by atoms with van der Waals surface area (Å²) in [7, 11) is 2.14. The highest BCUT2D eigenvalue weighted by molar-refractivity contribution is 7.12. The van der Waals surface area contributed by atoms with E-state index in [-0.39, 0.29) is 0 Å². The van der Waals surface area contributed by atoms with Crippen LogP contribution in [0.15, 0.2) is 72.8 Å². The summed E-state index contributed by atoms with van der Waals surface area (Å²) in [5.41, 5.74) is 5.60. The molecule has 1 aliphatic heterocycles. The van der Waals surface area contributed by atoms with Crippen LogP contribution in [0.1, 0.15) is 72.5 Å². The summed E-state index contributed by atoms with van der Waals surface area (Å²) in [5, 5.41) is 12.4. The van der Waals surface area contributed by atoms with Gasteiger partial charge in [-0.25, -0.2) is 4.98 Å². The lowest BCUT2D eigenvalue weighted by atomic mass is 9.97. The Labute approximate surface area is 276 Å². The summed E-state index contributed by atoms with van der Waals surface area (Å²) in [4.78, 5) is 9.33. The van der Waals surface area contributed by atoms with Crippen molar-refractivity contribution < 1.29 is 4.74 Å². The number of ether oxygens (including phenoxy) is 1. The fourth-order valence-electron chi connectivity index (χ4n) is 6.36. The number of fused-ring (bicyclic) bond motifs is 1. The van der Waals surface area contributed by atoms with Crippen LogP contribution in [0.25, 0.3) is 22.2 Å². The summed E-state index contributed by atoms with van der Waals surface area (Å²) < 4.78 is 8.30. The minimum absolute atomic E-state index is 0.544. The average molecular weight is 637 g/mol. The Bertz CT molecular complexity index is 1760. The highest BCUT2D eigenvalue weighted by Crippen LogP contribution is 2.38. The molecule has 0 unspecified atom stereocenters. The van der Waals surface area contributed by atoms with Gasteiger partial charge in [-0.05, 0) is 137 Å². The molecule has 3 aromatic carbocycles. The van der Waals surface area contributed by atoms with Gasteiger partial charge < -0.3 is 14.2 Å². The van der Waals surface area contributed by atoms with Crippen molar-refractivity contribution in [3.8, 4) is 28.8 Å². The van der Waals surface area contributed by atoms with Gasteiger partial charge in [0, 0.05) is 45.0 Å². The highest BCUT2D eigenvalue weighted by Gasteiger charge is 2.25. The van der Waals surface area contributed by atoms with Crippen molar-refractivity contribution in [3.05, 3.63) is 99.0 Å². The van der Waals surface area contributed by atoms with Crippen molar-refractivity contribution in [2.75, 3.05) is 19.6 Å². The molecular formula is C38H41ClN4OS. The number of rotatable bonds is 12. The number of hydrogen-bond acceptors (Lipinski definition) is 5. The number of aryl methyl sites for hydroxylation is 3. The first kappa shape index (κ1) is 31.4. The molecule has 7 heteroatoms. The Morgan fingerprint density at radius 2 is 1.67 bits per heavy atom. The number of likely N-dealkylation sites (tertiary alicyclic amines) is 1. The van der Waals surface area contributed by atoms with E-state index in [1.54, 1.807) is 0 Å². The van der Waals surface area contributed by atoms with Gasteiger partial charge in [-0.2, -0.15) is 5.26 Å². The molecule has 232 valence electrons. The SMILES string of the molecule is CCCCc1sc(C2CCN(CCCCc3cc4cc(C#N)ccc4n3C)CC2)nc1-c1ccc(Oc2ccc(Cl)cc2)cc1. The van der Waals surface area contributed by atoms with E-state index in [0.717, 1.165) is 60.6 Å². The number of nitriles is 1. The number of aromatic nitrogens is 2. The van der Waals surface area contributed by atoms with Gasteiger partial charge in [0.15, 0.2) is 0 Å². The summed E-state index contributed by atoms with van der Waals surface area (Å²) in [6, 6.07) is 26.3. The smallest absolute Gasteiger partial charge is 0.127 e. The molecule has 45 heavy (non-hydrogen) atoms. The molecule has 0 bridgehead atoms. The van der Waals surface area contributed by atoms with Crippen molar-refractivity contribution in [2.24, 2.45) is 7.05 Å². The monoisotopic (exact) mass is 636 g/mol. The molecule has 0 N–H and O–H groups in total. The van der Waals surface area contributed by atoms with E-state index in [0.29, 0.717) is 10.9 Å². The van der Waals surface area contributed by atoms with Crippen LogP contribution in [0.2, 0.25) is 5.02 Å². The van der Waals surface area contributed by atoms with E-state index in [1.807, 2.05) is 59.9 Å². The number of halogens is 1. The third kappa shape index (κ3) is 7.61. The normalized spacial score (nSPS) is 14.2. The lowest BCUT2D eigenvalue weighted by molar-refractivity contribution is 0.208. The largest absolute Gasteiger partial charge is 0.457 e. The molecule has 0 spiro atoms. The van der Waals surface area contributed by atoms with Gasteiger partial charge in [0.2, 0.25) is 0 Å². The maximum atomic E-state index is 9.22. The third-order valence-corrected chi connectivity index (χ3v) is 10.5. The standard InChI is InChI=1S/C38H41ClN4OS/c1-3-4-8-36-37(28-10-14-33(15-11-28)44-34-16-12-31(39)13-17-34)41-38(45-36)29-19-22-43(23-20-29)21-6-5-7-32-25-30-24-27(26-40)9-18-35(30)42(32)2/h9-18,24-25,29H,3-8,19-23H2,1-2H3. The average Bonchev–Trinajstić information content (AvgIpc) is 3.64. The zero-order valence-corrected chi connectivity index (χ0v) is 27.8. The van der Waals surface area contributed by atoms with Crippen molar-refractivity contribution in [2.45, 2.75) is 64.2 Å². The van der Waals surface area contributed by atoms with Crippen LogP contribution in [-0.4, -0.2) is 34.1 Å². The Morgan fingerprint density at radius 3 is 2.38 bits per heavy atom. The van der Waals surface area contributed by atoms with Crippen LogP contribution in [0, 0.1) is 11.3 Å². The number of unbranched alkanes of at least 4 members (excludes halogenated alkanes) is 2. The number of hydrogen-bond donors (Lipinski definition) is 0. The van der Waals surface area contributed by atoms with Gasteiger partial charge in [-0.1, -0.05) is 24.9 Å². The van der Waals surface area contributed by atoms with Crippen molar-refractivity contribution in [1.82, 2.24) is 14.5 Å². The van der Waals surface area contributed by atoms with E-state index in [4.69, 9.17) is 21.3 Å². The fraction of sp³-hybridized carbons (Fsp3) is 0.368. The Kier molecular flexibility index (Phi) is 10.2. The number of benzene rings is 3. The van der Waals surface area contributed by atoms with E-state index in [2.05, 4.69) is 53.8 Å². The molecule has 1 saturated heterocycles. The van der Waals surface area contributed by atoms with Crippen LogP contribution in [0.4, 0.5) is 0 Å². The second kappa shape index (κ2) is 14.6. The summed E-state index contributed by atoms with van der Waals surface area (Å²) in [5.74, 6) is 2.13. The molecule has 5 aromatic rings. The fourth-order valence-corrected chi connectivity index (χ4v) is 7.78. The number of thiazole rings is 1. The van der Waals surface area contributed by atoms with E-state index in [9.17, 15) is 5.26 Å². The summed E-state index contributed by atoms with van der Waals surface area (Å²) in [6.45, 7) is 5.70. The molecule has 1 aliphatic rings. The summed E-state index contributed by atoms with van der Waals surface area (Å²) >= 11 is 7.96. The molecule has 0 amide bonds. The zero-order valence-electron chi connectivity index (χ0n) is 26.3. The van der Waals surface area contributed by atoms with Gasteiger partial charge >= 0.3 is 0 Å². The predicted molar refractivity (Wildman–Crippen MR) is 187 cm³/mol. The lowest BCUT2D eigenvalue weighted by Gasteiger charge is -2.31. The highest BCUT2D eigenvalue weighted by atomic mass is 35.5. The molecule has 0 saturated carbocycles. The van der Waals surface area contributed by atoms with Gasteiger partial charge in [0.05, 0.1) is 22.3 Å². The first-order valence-electron chi connectivity index (χ1n) is 16.2. The van der Waals surface area contributed by atoms with Crippen molar-refractivity contribution >= 4 is 33.8 Å². The van der Waals surface area contributed by atoms with Gasteiger partial charge in [-0.3, -0.25) is 0 Å². The first-order valence-corrected chi connectivity index (χ1v) is 17.4. The minimum Gasteiger partial charge on any atom is -0.457 e. The van der Waals surface area contributed by atoms with Crippen molar-refractivity contribution in [3.63, 3.8) is 0 Å². The maximum absolute atomic E-state index is 9.22. The number of nitrogens with zero attached hydrogens (tertiary/aromatic N) is 4. The van der Waals surface area contributed by atoms with Gasteiger partial charge in [-0.15, -0.1) is 11.3 Å². The molecule has 5 nitrogen and oxygen atoms in total. The van der Waals surface area contributed by atoms with Crippen LogP contribution in [0.5, 0.6) is 11.5 Å². The molecule has 0 radical (unpaired) electrons. The Balaban J connectivity index is 1.02. The first-order chi connectivity index (χ1) is 22.0. The molecule has 3 heterocycles. The van der Waals surface area contributed by atoms with Crippen LogP contribution in [-0.2, 0) is 19.9 Å². The van der Waals surface area contributed by atoms with E-state index >= 15 is 0 Å². The van der Waals surface area contributed by atoms with Crippen LogP contribution >= 0.6 is 22.9 Å². The van der Waals surface area contributed by atoms with Crippen molar-refractivity contribution in [1.29, 1.82) is 5.26 Å². The molecule has 0 aliphatic carbocycles. The Morgan fingerprint density at radius 1 is 0.933 bits per heavy atom. The second-order valence-electron chi connectivity index (χ2n) is 12.2. The molecular weight excluding hydrogens is 596 g/mol. The molecule has 6 rings (SSSR count). The van der Waals surface area contributed by atoms with Gasteiger partial charge in [0.25, 0.3) is 0 Å².